The van der Waals surface area contributed by atoms with Crippen LogP contribution in [0.1, 0.15) is 47.1 Å². The van der Waals surface area contributed by atoms with Crippen LogP contribution in [0.15, 0.2) is 42.7 Å². The lowest BCUT2D eigenvalue weighted by Gasteiger charge is -2.32. The van der Waals surface area contributed by atoms with Gasteiger partial charge in [0.25, 0.3) is 0 Å². The molecule has 1 saturated heterocycles. The first-order valence-corrected chi connectivity index (χ1v) is 8.10. The molecule has 0 spiro atoms. The molecule has 0 N–H and O–H groups in total. The molecule has 1 aliphatic rings. The van der Waals surface area contributed by atoms with E-state index in [0.717, 1.165) is 5.46 Å². The van der Waals surface area contributed by atoms with Crippen molar-refractivity contribution in [3.8, 4) is 0 Å². The van der Waals surface area contributed by atoms with E-state index >= 15 is 0 Å². The van der Waals surface area contributed by atoms with Gasteiger partial charge in [-0.3, -0.25) is 4.68 Å². The molecule has 2 heterocycles. The predicted octanol–water partition coefficient (Wildman–Crippen LogP) is 2.97. The number of hydrogen-bond donors (Lipinski definition) is 0. The van der Waals surface area contributed by atoms with Gasteiger partial charge >= 0.3 is 7.12 Å². The van der Waals surface area contributed by atoms with Crippen LogP contribution < -0.4 is 5.46 Å². The summed E-state index contributed by atoms with van der Waals surface area (Å²) < 4.78 is 14.2. The van der Waals surface area contributed by atoms with Crippen LogP contribution in [0.3, 0.4) is 0 Å². The summed E-state index contributed by atoms with van der Waals surface area (Å²) >= 11 is 0. The van der Waals surface area contributed by atoms with E-state index in [1.807, 2.05) is 23.1 Å². The summed E-state index contributed by atoms with van der Waals surface area (Å²) in [5.74, 6) is 0. The van der Waals surface area contributed by atoms with Crippen LogP contribution in [-0.4, -0.2) is 28.1 Å². The smallest absolute Gasteiger partial charge is 0.399 e. The Morgan fingerprint density at radius 1 is 1.00 bits per heavy atom. The largest absolute Gasteiger partial charge is 0.498 e. The van der Waals surface area contributed by atoms with E-state index < -0.39 is 0 Å². The molecule has 0 atom stereocenters. The summed E-state index contributed by atoms with van der Waals surface area (Å²) in [6.07, 6.45) is 3.86. The highest BCUT2D eigenvalue weighted by Crippen LogP contribution is 2.36. The first kappa shape index (κ1) is 16.3. The normalized spacial score (nSPS) is 20.0. The summed E-state index contributed by atoms with van der Waals surface area (Å²) in [7, 11) is -0.375. The zero-order valence-electron chi connectivity index (χ0n) is 14.8. The molecular formula is C18H25BN2O2. The van der Waals surface area contributed by atoms with Crippen LogP contribution in [0, 0.1) is 0 Å². The second-order valence-electron chi connectivity index (χ2n) is 7.73. The van der Waals surface area contributed by atoms with Crippen LogP contribution in [0.25, 0.3) is 0 Å². The Bertz CT molecular complexity index is 676. The molecular weight excluding hydrogens is 287 g/mol. The molecule has 0 bridgehead atoms. The van der Waals surface area contributed by atoms with Gasteiger partial charge in [-0.05, 0) is 47.1 Å². The van der Waals surface area contributed by atoms with E-state index in [-0.39, 0.29) is 23.9 Å². The summed E-state index contributed by atoms with van der Waals surface area (Å²) in [6, 6.07) is 10.4. The minimum absolute atomic E-state index is 0.233. The maximum absolute atomic E-state index is 6.11. The fourth-order valence-electron chi connectivity index (χ4n) is 2.72. The van der Waals surface area contributed by atoms with Crippen molar-refractivity contribution < 1.29 is 9.31 Å². The number of benzene rings is 1. The van der Waals surface area contributed by atoms with Crippen molar-refractivity contribution in [3.05, 3.63) is 48.3 Å². The fourth-order valence-corrected chi connectivity index (χ4v) is 2.72. The number of hydrogen-bond acceptors (Lipinski definition) is 3. The van der Waals surface area contributed by atoms with Gasteiger partial charge in [0, 0.05) is 17.9 Å². The van der Waals surface area contributed by atoms with Crippen molar-refractivity contribution in [2.24, 2.45) is 0 Å². The Hall–Kier alpha value is -1.59. The average Bonchev–Trinajstić information content (AvgIpc) is 3.04. The van der Waals surface area contributed by atoms with Crippen LogP contribution in [-0.2, 0) is 14.8 Å². The van der Waals surface area contributed by atoms with Gasteiger partial charge < -0.3 is 9.31 Å². The molecule has 2 aromatic rings. The van der Waals surface area contributed by atoms with Gasteiger partial charge in [-0.2, -0.15) is 5.10 Å². The van der Waals surface area contributed by atoms with Crippen LogP contribution in [0.2, 0.25) is 0 Å². The zero-order chi connectivity index (χ0) is 16.9. The molecule has 0 aliphatic carbocycles. The molecule has 4 nitrogen and oxygen atoms in total. The minimum atomic E-state index is -0.375. The molecule has 0 saturated carbocycles. The van der Waals surface area contributed by atoms with Crippen LogP contribution in [0.4, 0.5) is 0 Å². The van der Waals surface area contributed by atoms with Crippen molar-refractivity contribution in [1.29, 1.82) is 0 Å². The van der Waals surface area contributed by atoms with Gasteiger partial charge in [0.1, 0.15) is 0 Å². The molecule has 1 fully saturated rings. The van der Waals surface area contributed by atoms with Crippen LogP contribution >= 0.6 is 0 Å². The lowest BCUT2D eigenvalue weighted by molar-refractivity contribution is 0.00578. The van der Waals surface area contributed by atoms with Crippen molar-refractivity contribution in [1.82, 2.24) is 9.78 Å². The second kappa shape index (κ2) is 5.21. The van der Waals surface area contributed by atoms with Crippen molar-refractivity contribution in [2.45, 2.75) is 58.3 Å². The van der Waals surface area contributed by atoms with E-state index in [2.05, 4.69) is 70.9 Å². The van der Waals surface area contributed by atoms with Gasteiger partial charge in [-0.1, -0.05) is 30.3 Å². The maximum Gasteiger partial charge on any atom is 0.498 e. The summed E-state index contributed by atoms with van der Waals surface area (Å²) in [5, 5.41) is 4.56. The molecule has 0 amide bonds. The third kappa shape index (κ3) is 2.72. The summed E-state index contributed by atoms with van der Waals surface area (Å²) in [5.41, 5.74) is 1.25. The van der Waals surface area contributed by atoms with Crippen LogP contribution in [0.5, 0.6) is 0 Å². The highest BCUT2D eigenvalue weighted by atomic mass is 16.7. The van der Waals surface area contributed by atoms with E-state index in [0.29, 0.717) is 0 Å². The first-order chi connectivity index (χ1) is 10.6. The lowest BCUT2D eigenvalue weighted by Crippen LogP contribution is -2.41. The van der Waals surface area contributed by atoms with Crippen molar-refractivity contribution in [2.75, 3.05) is 0 Å². The molecule has 122 valence electrons. The molecule has 1 aliphatic heterocycles. The molecule has 0 unspecified atom stereocenters. The standard InChI is InChI=1S/C18H25BN2O2/c1-16(2,14-10-8-7-9-11-14)21-13-15(12-20-21)19-22-17(3,4)18(5,6)23-19/h7-13H,1-6H3. The molecule has 1 aromatic carbocycles. The highest BCUT2D eigenvalue weighted by molar-refractivity contribution is 6.62. The molecule has 1 aromatic heterocycles. The molecule has 23 heavy (non-hydrogen) atoms. The van der Waals surface area contributed by atoms with Gasteiger partial charge in [-0.15, -0.1) is 0 Å². The van der Waals surface area contributed by atoms with E-state index in [4.69, 9.17) is 9.31 Å². The van der Waals surface area contributed by atoms with Gasteiger partial charge in [-0.25, -0.2) is 0 Å². The quantitative estimate of drug-likeness (QED) is 0.818. The van der Waals surface area contributed by atoms with E-state index in [1.165, 1.54) is 5.56 Å². The summed E-state index contributed by atoms with van der Waals surface area (Å²) in [4.78, 5) is 0. The second-order valence-corrected chi connectivity index (χ2v) is 7.73. The van der Waals surface area contributed by atoms with Gasteiger partial charge in [0.2, 0.25) is 0 Å². The predicted molar refractivity (Wildman–Crippen MR) is 92.8 cm³/mol. The monoisotopic (exact) mass is 312 g/mol. The highest BCUT2D eigenvalue weighted by Gasteiger charge is 2.52. The van der Waals surface area contributed by atoms with Gasteiger partial charge in [0.15, 0.2) is 0 Å². The number of nitrogens with zero attached hydrogens (tertiary/aromatic N) is 2. The third-order valence-corrected chi connectivity index (χ3v) is 5.18. The average molecular weight is 312 g/mol. The summed E-state index contributed by atoms with van der Waals surface area (Å²) in [6.45, 7) is 12.6. The Morgan fingerprint density at radius 3 is 2.13 bits per heavy atom. The Labute approximate surface area is 138 Å². The first-order valence-electron chi connectivity index (χ1n) is 8.10. The molecule has 5 heteroatoms. The number of aromatic nitrogens is 2. The minimum Gasteiger partial charge on any atom is -0.399 e. The van der Waals surface area contributed by atoms with E-state index in [1.54, 1.807) is 0 Å². The Morgan fingerprint density at radius 2 is 1.57 bits per heavy atom. The lowest BCUT2D eigenvalue weighted by atomic mass is 9.81. The SMILES string of the molecule is CC(C)(c1ccccc1)n1cc(B2OC(C)(C)C(C)(C)O2)cn1. The third-order valence-electron chi connectivity index (χ3n) is 5.18. The Kier molecular flexibility index (Phi) is 3.69. The molecule has 3 rings (SSSR count). The van der Waals surface area contributed by atoms with Crippen molar-refractivity contribution in [3.63, 3.8) is 0 Å². The Balaban J connectivity index is 1.87. The zero-order valence-corrected chi connectivity index (χ0v) is 14.8. The van der Waals surface area contributed by atoms with E-state index in [9.17, 15) is 0 Å². The fraction of sp³-hybridized carbons (Fsp3) is 0.500. The molecule has 0 radical (unpaired) electrons. The topological polar surface area (TPSA) is 36.3 Å². The number of rotatable bonds is 3. The maximum atomic E-state index is 6.11. The van der Waals surface area contributed by atoms with Crippen molar-refractivity contribution >= 4 is 12.6 Å². The van der Waals surface area contributed by atoms with Gasteiger partial charge in [0.05, 0.1) is 16.7 Å².